The van der Waals surface area contributed by atoms with Crippen molar-refractivity contribution >= 4 is 29.0 Å². The molecule has 2 atom stereocenters. The Morgan fingerprint density at radius 1 is 1.06 bits per heavy atom. The van der Waals surface area contributed by atoms with Gasteiger partial charge in [-0.15, -0.1) is 11.3 Å². The fourth-order valence-electron chi connectivity index (χ4n) is 4.96. The third-order valence-electron chi connectivity index (χ3n) is 6.64. The molecule has 4 heterocycles. The van der Waals surface area contributed by atoms with Crippen molar-refractivity contribution in [3.63, 3.8) is 0 Å². The van der Waals surface area contributed by atoms with Gasteiger partial charge < -0.3 is 19.4 Å². The smallest absolute Gasteiger partial charge is 0.254 e. The molecule has 1 aromatic carbocycles. The number of methoxy groups -OCH3 is 1. The summed E-state index contributed by atoms with van der Waals surface area (Å²) >= 11 is 1.59. The summed E-state index contributed by atoms with van der Waals surface area (Å²) in [4.78, 5) is 39.1. The largest absolute Gasteiger partial charge is 0.383 e. The number of carbonyl (C=O) groups excluding carboxylic acids is 2. The van der Waals surface area contributed by atoms with E-state index in [2.05, 4.69) is 9.88 Å². The number of rotatable bonds is 6. The summed E-state index contributed by atoms with van der Waals surface area (Å²) in [6, 6.07) is 17.1. The van der Waals surface area contributed by atoms with E-state index in [-0.39, 0.29) is 17.9 Å². The number of nitrogens with zero attached hydrogens (tertiary/aromatic N) is 4. The summed E-state index contributed by atoms with van der Waals surface area (Å²) < 4.78 is 5.32. The summed E-state index contributed by atoms with van der Waals surface area (Å²) in [6.07, 6.45) is 1.79. The van der Waals surface area contributed by atoms with Gasteiger partial charge in [-0.05, 0) is 35.2 Å². The summed E-state index contributed by atoms with van der Waals surface area (Å²) in [5.74, 6) is 0.507. The zero-order valence-electron chi connectivity index (χ0n) is 19.2. The van der Waals surface area contributed by atoms with Crippen LogP contribution in [0.25, 0.3) is 0 Å². The molecule has 0 radical (unpaired) electrons. The Kier molecular flexibility index (Phi) is 6.60. The summed E-state index contributed by atoms with van der Waals surface area (Å²) in [7, 11) is 1.63. The molecule has 0 N–H and O–H groups in total. The van der Waals surface area contributed by atoms with Gasteiger partial charge in [0.25, 0.3) is 5.91 Å². The molecule has 0 bridgehead atoms. The van der Waals surface area contributed by atoms with Crippen LogP contribution in [0.3, 0.4) is 0 Å². The third kappa shape index (κ3) is 4.19. The molecule has 7 nitrogen and oxygen atoms in total. The molecule has 5 rings (SSSR count). The molecular weight excluding hydrogens is 448 g/mol. The van der Waals surface area contributed by atoms with Gasteiger partial charge in [0.05, 0.1) is 18.6 Å². The highest BCUT2D eigenvalue weighted by atomic mass is 32.1. The Morgan fingerprint density at radius 3 is 2.56 bits per heavy atom. The SMILES string of the molecule is COCCN1C(=O)c2ccccc2[C@@H](C(=O)N2CCN(c3ccccn3)CC2)[C@@H]1c1cccs1. The van der Waals surface area contributed by atoms with Crippen molar-refractivity contribution in [3.8, 4) is 0 Å². The van der Waals surface area contributed by atoms with E-state index in [9.17, 15) is 9.59 Å². The second-order valence-electron chi connectivity index (χ2n) is 8.52. The number of anilines is 1. The topological polar surface area (TPSA) is 66.0 Å². The van der Waals surface area contributed by atoms with Crippen molar-refractivity contribution in [1.82, 2.24) is 14.8 Å². The van der Waals surface area contributed by atoms with Crippen LogP contribution in [0.5, 0.6) is 0 Å². The highest BCUT2D eigenvalue weighted by Gasteiger charge is 2.46. The normalized spacial score (nSPS) is 20.4. The minimum atomic E-state index is -0.453. The van der Waals surface area contributed by atoms with Crippen molar-refractivity contribution in [2.24, 2.45) is 0 Å². The van der Waals surface area contributed by atoms with Crippen LogP contribution in [-0.4, -0.2) is 73.0 Å². The maximum absolute atomic E-state index is 14.1. The number of benzene rings is 1. The van der Waals surface area contributed by atoms with Crippen LogP contribution in [0.15, 0.2) is 66.2 Å². The first-order valence-electron chi connectivity index (χ1n) is 11.6. The Hall–Kier alpha value is -3.23. The lowest BCUT2D eigenvalue weighted by molar-refractivity contribution is -0.135. The fraction of sp³-hybridized carbons (Fsp3) is 0.346. The van der Waals surface area contributed by atoms with Gasteiger partial charge in [0.2, 0.25) is 5.91 Å². The number of piperazine rings is 1. The Labute approximate surface area is 203 Å². The number of hydrogen-bond donors (Lipinski definition) is 0. The summed E-state index contributed by atoms with van der Waals surface area (Å²) in [6.45, 7) is 3.55. The highest BCUT2D eigenvalue weighted by molar-refractivity contribution is 7.10. The third-order valence-corrected chi connectivity index (χ3v) is 7.58. The molecule has 34 heavy (non-hydrogen) atoms. The molecular formula is C26H28N4O3S. The van der Waals surface area contributed by atoms with Crippen LogP contribution in [0.4, 0.5) is 5.82 Å². The molecule has 0 unspecified atom stereocenters. The zero-order valence-corrected chi connectivity index (χ0v) is 20.0. The number of thiophene rings is 1. The molecule has 3 aromatic rings. The van der Waals surface area contributed by atoms with Crippen LogP contribution in [0.1, 0.15) is 32.8 Å². The monoisotopic (exact) mass is 476 g/mol. The molecule has 176 valence electrons. The Bertz CT molecular complexity index is 1130. The van der Waals surface area contributed by atoms with Crippen LogP contribution < -0.4 is 4.90 Å². The van der Waals surface area contributed by atoms with E-state index < -0.39 is 5.92 Å². The van der Waals surface area contributed by atoms with E-state index in [0.29, 0.717) is 31.8 Å². The zero-order chi connectivity index (χ0) is 23.5. The van der Waals surface area contributed by atoms with E-state index in [1.165, 1.54) is 0 Å². The van der Waals surface area contributed by atoms with E-state index in [4.69, 9.17) is 4.74 Å². The number of carbonyl (C=O) groups is 2. The Balaban J connectivity index is 1.47. The van der Waals surface area contributed by atoms with E-state index in [0.717, 1.165) is 29.3 Å². The van der Waals surface area contributed by atoms with Crippen LogP contribution in [0, 0.1) is 0 Å². The van der Waals surface area contributed by atoms with Crippen molar-refractivity contribution in [2.45, 2.75) is 12.0 Å². The van der Waals surface area contributed by atoms with Crippen molar-refractivity contribution < 1.29 is 14.3 Å². The molecule has 2 amide bonds. The molecule has 0 aliphatic carbocycles. The van der Waals surface area contributed by atoms with Crippen molar-refractivity contribution in [3.05, 3.63) is 82.2 Å². The predicted molar refractivity (Wildman–Crippen MR) is 132 cm³/mol. The molecule has 1 saturated heterocycles. The van der Waals surface area contributed by atoms with Gasteiger partial charge >= 0.3 is 0 Å². The van der Waals surface area contributed by atoms with Gasteiger partial charge in [-0.1, -0.05) is 30.3 Å². The van der Waals surface area contributed by atoms with Gasteiger partial charge in [0.15, 0.2) is 0 Å². The lowest BCUT2D eigenvalue weighted by atomic mass is 9.81. The predicted octanol–water partition coefficient (Wildman–Crippen LogP) is 3.42. The molecule has 0 saturated carbocycles. The lowest BCUT2D eigenvalue weighted by Crippen LogP contribution is -2.53. The minimum Gasteiger partial charge on any atom is -0.383 e. The number of aromatic nitrogens is 1. The van der Waals surface area contributed by atoms with Crippen molar-refractivity contribution in [2.75, 3.05) is 51.3 Å². The number of amides is 2. The quantitative estimate of drug-likeness (QED) is 0.546. The maximum atomic E-state index is 14.1. The minimum absolute atomic E-state index is 0.0462. The molecule has 0 spiro atoms. The second kappa shape index (κ2) is 9.95. The van der Waals surface area contributed by atoms with E-state index in [1.807, 2.05) is 69.8 Å². The van der Waals surface area contributed by atoms with Gasteiger partial charge in [-0.25, -0.2) is 4.98 Å². The summed E-state index contributed by atoms with van der Waals surface area (Å²) in [5.41, 5.74) is 1.42. The number of ether oxygens (including phenoxy) is 1. The van der Waals surface area contributed by atoms with Gasteiger partial charge in [-0.2, -0.15) is 0 Å². The van der Waals surface area contributed by atoms with Gasteiger partial charge in [-0.3, -0.25) is 9.59 Å². The van der Waals surface area contributed by atoms with Crippen LogP contribution in [-0.2, 0) is 9.53 Å². The van der Waals surface area contributed by atoms with Crippen LogP contribution >= 0.6 is 11.3 Å². The molecule has 8 heteroatoms. The number of fused-ring (bicyclic) bond motifs is 1. The van der Waals surface area contributed by atoms with E-state index >= 15 is 0 Å². The fourth-order valence-corrected chi connectivity index (χ4v) is 5.84. The number of hydrogen-bond acceptors (Lipinski definition) is 6. The lowest BCUT2D eigenvalue weighted by Gasteiger charge is -2.44. The van der Waals surface area contributed by atoms with Gasteiger partial charge in [0, 0.05) is 56.5 Å². The first-order chi connectivity index (χ1) is 16.7. The average Bonchev–Trinajstić information content (AvgIpc) is 3.43. The first-order valence-corrected chi connectivity index (χ1v) is 12.4. The van der Waals surface area contributed by atoms with E-state index in [1.54, 1.807) is 24.6 Å². The molecule has 2 aromatic heterocycles. The highest BCUT2D eigenvalue weighted by Crippen LogP contribution is 2.45. The first kappa shape index (κ1) is 22.6. The molecule has 2 aliphatic heterocycles. The second-order valence-corrected chi connectivity index (χ2v) is 9.50. The number of pyridine rings is 1. The average molecular weight is 477 g/mol. The standard InChI is InChI=1S/C26H28N4O3S/c1-33-17-16-30-24(21-9-6-18-34-21)23(19-7-2-3-8-20(19)25(30)31)26(32)29-14-12-28(13-15-29)22-10-4-5-11-27-22/h2-11,18,23-24H,12-17H2,1H3/t23-,24+/m1/s1. The Morgan fingerprint density at radius 2 is 1.85 bits per heavy atom. The van der Waals surface area contributed by atoms with Crippen LogP contribution in [0.2, 0.25) is 0 Å². The molecule has 1 fully saturated rings. The van der Waals surface area contributed by atoms with Gasteiger partial charge in [0.1, 0.15) is 5.82 Å². The maximum Gasteiger partial charge on any atom is 0.254 e. The van der Waals surface area contributed by atoms with Crippen molar-refractivity contribution in [1.29, 1.82) is 0 Å². The molecule has 2 aliphatic rings. The summed E-state index contributed by atoms with van der Waals surface area (Å²) in [5, 5.41) is 2.00.